The molecular weight excluding hydrogens is 310 g/mol. The van der Waals surface area contributed by atoms with Gasteiger partial charge in [0.2, 0.25) is 0 Å². The molecule has 0 aromatic heterocycles. The summed E-state index contributed by atoms with van der Waals surface area (Å²) in [5.74, 6) is -2.06. The third-order valence-electron chi connectivity index (χ3n) is 2.95. The van der Waals surface area contributed by atoms with Gasteiger partial charge in [0.15, 0.2) is 0 Å². The van der Waals surface area contributed by atoms with Gasteiger partial charge < -0.3 is 20.3 Å². The summed E-state index contributed by atoms with van der Waals surface area (Å²) in [6.07, 6.45) is 0. The number of halogens is 1. The normalized spacial score (nSPS) is 10.1. The number of anilines is 2. The van der Waals surface area contributed by atoms with Crippen molar-refractivity contribution in [1.29, 1.82) is 0 Å². The molecule has 0 spiro atoms. The smallest absolute Gasteiger partial charge is 0.337 e. The Kier molecular flexibility index (Phi) is 4.53. The number of hydrogen-bond acceptors (Lipinski definition) is 4. The summed E-state index contributed by atoms with van der Waals surface area (Å²) in [4.78, 5) is 22.6. The average molecular weight is 322 g/mol. The Morgan fingerprint density at radius 2 is 1.77 bits per heavy atom. The minimum absolute atomic E-state index is 0.0364. The number of rotatable bonds is 5. The maximum atomic E-state index is 11.3. The number of ether oxygens (including phenoxy) is 1. The van der Waals surface area contributed by atoms with Gasteiger partial charge in [-0.3, -0.25) is 0 Å². The quantitative estimate of drug-likeness (QED) is 0.780. The minimum Gasteiger partial charge on any atom is -0.495 e. The van der Waals surface area contributed by atoms with Crippen molar-refractivity contribution in [1.82, 2.24) is 0 Å². The number of para-hydroxylation sites is 1. The molecule has 7 heteroatoms. The Morgan fingerprint density at radius 1 is 1.09 bits per heavy atom. The highest BCUT2D eigenvalue weighted by Gasteiger charge is 2.18. The summed E-state index contributed by atoms with van der Waals surface area (Å²) in [5.41, 5.74) is 0.270. The number of methoxy groups -OCH3 is 1. The molecule has 3 N–H and O–H groups in total. The molecule has 0 saturated heterocycles. The summed E-state index contributed by atoms with van der Waals surface area (Å²) in [6.45, 7) is 0. The van der Waals surface area contributed by atoms with Gasteiger partial charge in [-0.1, -0.05) is 17.7 Å². The van der Waals surface area contributed by atoms with Crippen LogP contribution in [0.5, 0.6) is 5.75 Å². The SMILES string of the molecule is COc1cccc(C(=O)O)c1Nc1ccc(Cl)cc1C(=O)O. The summed E-state index contributed by atoms with van der Waals surface area (Å²) in [6, 6.07) is 8.75. The zero-order valence-electron chi connectivity index (χ0n) is 11.5. The molecule has 0 aliphatic heterocycles. The first-order valence-corrected chi connectivity index (χ1v) is 6.52. The number of benzene rings is 2. The van der Waals surface area contributed by atoms with Crippen LogP contribution in [0.15, 0.2) is 36.4 Å². The molecule has 0 amide bonds. The van der Waals surface area contributed by atoms with Crippen LogP contribution in [0, 0.1) is 0 Å². The van der Waals surface area contributed by atoms with Crippen LogP contribution in [0.2, 0.25) is 5.02 Å². The number of nitrogens with one attached hydrogen (secondary N) is 1. The summed E-state index contributed by atoms with van der Waals surface area (Å²) in [7, 11) is 1.39. The first-order chi connectivity index (χ1) is 10.4. The van der Waals surface area contributed by atoms with E-state index in [1.807, 2.05) is 0 Å². The highest BCUT2D eigenvalue weighted by Crippen LogP contribution is 2.33. The van der Waals surface area contributed by atoms with Crippen molar-refractivity contribution in [3.8, 4) is 5.75 Å². The van der Waals surface area contributed by atoms with Gasteiger partial charge in [-0.15, -0.1) is 0 Å². The zero-order valence-corrected chi connectivity index (χ0v) is 12.2. The fourth-order valence-corrected chi connectivity index (χ4v) is 2.12. The minimum atomic E-state index is -1.18. The third kappa shape index (κ3) is 3.12. The van der Waals surface area contributed by atoms with E-state index in [1.165, 1.54) is 37.4 Å². The molecule has 0 bridgehead atoms. The van der Waals surface area contributed by atoms with E-state index >= 15 is 0 Å². The number of carboxylic acid groups (broad SMARTS) is 2. The molecule has 0 unspecified atom stereocenters. The van der Waals surface area contributed by atoms with Crippen LogP contribution in [0.25, 0.3) is 0 Å². The lowest BCUT2D eigenvalue weighted by Gasteiger charge is -2.15. The van der Waals surface area contributed by atoms with E-state index in [1.54, 1.807) is 6.07 Å². The van der Waals surface area contributed by atoms with Crippen molar-refractivity contribution in [2.75, 3.05) is 12.4 Å². The van der Waals surface area contributed by atoms with E-state index in [2.05, 4.69) is 5.32 Å². The van der Waals surface area contributed by atoms with Gasteiger partial charge in [-0.05, 0) is 30.3 Å². The topological polar surface area (TPSA) is 95.9 Å². The van der Waals surface area contributed by atoms with E-state index in [-0.39, 0.29) is 33.3 Å². The largest absolute Gasteiger partial charge is 0.495 e. The maximum Gasteiger partial charge on any atom is 0.337 e. The zero-order chi connectivity index (χ0) is 16.3. The fraction of sp³-hybridized carbons (Fsp3) is 0.0667. The molecule has 22 heavy (non-hydrogen) atoms. The second-order valence-electron chi connectivity index (χ2n) is 4.31. The van der Waals surface area contributed by atoms with E-state index in [9.17, 15) is 19.8 Å². The van der Waals surface area contributed by atoms with Crippen molar-refractivity contribution >= 4 is 34.9 Å². The molecule has 0 aliphatic carbocycles. The third-order valence-corrected chi connectivity index (χ3v) is 3.18. The van der Waals surface area contributed by atoms with E-state index < -0.39 is 11.9 Å². The molecule has 6 nitrogen and oxygen atoms in total. The van der Waals surface area contributed by atoms with Crippen molar-refractivity contribution < 1.29 is 24.5 Å². The van der Waals surface area contributed by atoms with Crippen molar-refractivity contribution in [2.45, 2.75) is 0 Å². The van der Waals surface area contributed by atoms with Crippen molar-refractivity contribution in [3.05, 3.63) is 52.5 Å². The summed E-state index contributed by atoms with van der Waals surface area (Å²) < 4.78 is 5.13. The lowest BCUT2D eigenvalue weighted by Crippen LogP contribution is -2.08. The molecule has 2 rings (SSSR count). The molecule has 0 saturated carbocycles. The van der Waals surface area contributed by atoms with Gasteiger partial charge in [0, 0.05) is 5.02 Å². The number of aromatic carboxylic acids is 2. The molecule has 0 radical (unpaired) electrons. The molecule has 0 heterocycles. The van der Waals surface area contributed by atoms with Crippen LogP contribution in [0.3, 0.4) is 0 Å². The van der Waals surface area contributed by atoms with E-state index in [0.717, 1.165) is 0 Å². The predicted molar refractivity (Wildman–Crippen MR) is 81.6 cm³/mol. The Labute approximate surface area is 130 Å². The average Bonchev–Trinajstić information content (AvgIpc) is 2.48. The van der Waals surface area contributed by atoms with E-state index in [0.29, 0.717) is 0 Å². The predicted octanol–water partition coefficient (Wildman–Crippen LogP) is 3.49. The van der Waals surface area contributed by atoms with Crippen LogP contribution in [0.4, 0.5) is 11.4 Å². The number of hydrogen-bond donors (Lipinski definition) is 3. The lowest BCUT2D eigenvalue weighted by molar-refractivity contribution is 0.0688. The summed E-state index contributed by atoms with van der Waals surface area (Å²) in [5, 5.41) is 21.6. The number of carboxylic acids is 2. The second kappa shape index (κ2) is 6.36. The van der Waals surface area contributed by atoms with Gasteiger partial charge in [0.1, 0.15) is 5.75 Å². The van der Waals surface area contributed by atoms with Crippen molar-refractivity contribution in [2.24, 2.45) is 0 Å². The lowest BCUT2D eigenvalue weighted by atomic mass is 10.1. The van der Waals surface area contributed by atoms with Gasteiger partial charge in [0.25, 0.3) is 0 Å². The van der Waals surface area contributed by atoms with Gasteiger partial charge >= 0.3 is 11.9 Å². The molecule has 0 atom stereocenters. The molecule has 2 aromatic rings. The Morgan fingerprint density at radius 3 is 2.36 bits per heavy atom. The highest BCUT2D eigenvalue weighted by molar-refractivity contribution is 6.31. The first-order valence-electron chi connectivity index (χ1n) is 6.14. The van der Waals surface area contributed by atoms with Gasteiger partial charge in [0.05, 0.1) is 29.6 Å². The first kappa shape index (κ1) is 15.7. The summed E-state index contributed by atoms with van der Waals surface area (Å²) >= 11 is 5.79. The fourth-order valence-electron chi connectivity index (χ4n) is 1.95. The second-order valence-corrected chi connectivity index (χ2v) is 4.74. The standard InChI is InChI=1S/C15H12ClNO5/c1-22-12-4-2-3-9(14(18)19)13(12)17-11-6-5-8(16)7-10(11)15(20)21/h2-7,17H,1H3,(H,18,19)(H,20,21). The van der Waals surface area contributed by atoms with Crippen LogP contribution in [0.1, 0.15) is 20.7 Å². The molecule has 2 aromatic carbocycles. The van der Waals surface area contributed by atoms with Gasteiger partial charge in [-0.2, -0.15) is 0 Å². The van der Waals surface area contributed by atoms with E-state index in [4.69, 9.17) is 16.3 Å². The highest BCUT2D eigenvalue weighted by atomic mass is 35.5. The molecule has 0 aliphatic rings. The Hall–Kier alpha value is -2.73. The molecule has 114 valence electrons. The van der Waals surface area contributed by atoms with Gasteiger partial charge in [-0.25, -0.2) is 9.59 Å². The van der Waals surface area contributed by atoms with Crippen LogP contribution < -0.4 is 10.1 Å². The van der Waals surface area contributed by atoms with Crippen LogP contribution in [-0.4, -0.2) is 29.3 Å². The van der Waals surface area contributed by atoms with Crippen LogP contribution >= 0.6 is 11.6 Å². The monoisotopic (exact) mass is 321 g/mol. The van der Waals surface area contributed by atoms with Crippen LogP contribution in [-0.2, 0) is 0 Å². The Balaban J connectivity index is 2.56. The number of carbonyl (C=O) groups is 2. The molecular formula is C15H12ClNO5. The maximum absolute atomic E-state index is 11.3. The van der Waals surface area contributed by atoms with Crippen molar-refractivity contribution in [3.63, 3.8) is 0 Å². The Bertz CT molecular complexity index is 745. The molecule has 0 fully saturated rings.